The molecule has 1 fully saturated rings. The van der Waals surface area contributed by atoms with Crippen molar-refractivity contribution in [2.75, 3.05) is 6.54 Å². The van der Waals surface area contributed by atoms with Crippen LogP contribution in [-0.2, 0) is 9.84 Å². The van der Waals surface area contributed by atoms with Crippen molar-refractivity contribution in [3.63, 3.8) is 0 Å². The van der Waals surface area contributed by atoms with Crippen LogP contribution >= 0.6 is 0 Å². The molecule has 16 heavy (non-hydrogen) atoms. The van der Waals surface area contributed by atoms with Gasteiger partial charge in [0.15, 0.2) is 9.84 Å². The Hall–Kier alpha value is -0.0900. The lowest BCUT2D eigenvalue weighted by atomic mass is 10.1. The Morgan fingerprint density at radius 2 is 1.94 bits per heavy atom. The molecule has 0 aliphatic heterocycles. The van der Waals surface area contributed by atoms with Gasteiger partial charge in [0, 0.05) is 6.04 Å². The predicted molar refractivity (Wildman–Crippen MR) is 68.3 cm³/mol. The molecule has 1 aliphatic carbocycles. The Labute approximate surface area is 99.9 Å². The summed E-state index contributed by atoms with van der Waals surface area (Å²) in [5.41, 5.74) is 0. The van der Waals surface area contributed by atoms with E-state index in [-0.39, 0.29) is 16.4 Å². The van der Waals surface area contributed by atoms with Gasteiger partial charge in [-0.25, -0.2) is 8.42 Å². The third-order valence-corrected chi connectivity index (χ3v) is 6.97. The van der Waals surface area contributed by atoms with Crippen LogP contribution < -0.4 is 5.32 Å². The molecule has 0 aromatic heterocycles. The van der Waals surface area contributed by atoms with Gasteiger partial charge in [-0.05, 0) is 38.6 Å². The van der Waals surface area contributed by atoms with Gasteiger partial charge in [0.1, 0.15) is 0 Å². The highest BCUT2D eigenvalue weighted by atomic mass is 32.2. The zero-order valence-electron chi connectivity index (χ0n) is 10.9. The molecule has 3 nitrogen and oxygen atoms in total. The minimum Gasteiger partial charge on any atom is -0.314 e. The van der Waals surface area contributed by atoms with Crippen molar-refractivity contribution in [2.24, 2.45) is 5.92 Å². The highest BCUT2D eigenvalue weighted by Gasteiger charge is 2.42. The van der Waals surface area contributed by atoms with Gasteiger partial charge in [-0.1, -0.05) is 20.8 Å². The topological polar surface area (TPSA) is 46.2 Å². The van der Waals surface area contributed by atoms with Gasteiger partial charge in [0.05, 0.1) is 10.5 Å². The van der Waals surface area contributed by atoms with Crippen molar-refractivity contribution in [1.82, 2.24) is 5.32 Å². The number of sulfone groups is 1. The maximum atomic E-state index is 12.3. The van der Waals surface area contributed by atoms with Crippen molar-refractivity contribution >= 4 is 9.84 Å². The molecule has 1 N–H and O–H groups in total. The maximum Gasteiger partial charge on any atom is 0.156 e. The van der Waals surface area contributed by atoms with Crippen LogP contribution in [-0.4, -0.2) is 31.5 Å². The molecular weight excluding hydrogens is 222 g/mol. The summed E-state index contributed by atoms with van der Waals surface area (Å²) in [6.07, 6.45) is 2.54. The Kier molecular flexibility index (Phi) is 4.80. The third-order valence-electron chi connectivity index (χ3n) is 4.01. The molecule has 96 valence electrons. The fourth-order valence-electron chi connectivity index (χ4n) is 2.67. The predicted octanol–water partition coefficient (Wildman–Crippen LogP) is 1.98. The van der Waals surface area contributed by atoms with Gasteiger partial charge in [-0.15, -0.1) is 0 Å². The van der Waals surface area contributed by atoms with E-state index in [2.05, 4.69) is 19.2 Å². The van der Waals surface area contributed by atoms with E-state index in [0.717, 1.165) is 25.8 Å². The van der Waals surface area contributed by atoms with Crippen LogP contribution in [0.5, 0.6) is 0 Å². The SMILES string of the molecule is CCNC1CCC(S(=O)(=O)C(C)CC)C1C. The molecule has 4 unspecified atom stereocenters. The van der Waals surface area contributed by atoms with Crippen molar-refractivity contribution < 1.29 is 8.42 Å². The van der Waals surface area contributed by atoms with Crippen molar-refractivity contribution in [3.05, 3.63) is 0 Å². The Bertz CT molecular complexity index is 313. The smallest absolute Gasteiger partial charge is 0.156 e. The summed E-state index contributed by atoms with van der Waals surface area (Å²) < 4.78 is 24.6. The first kappa shape index (κ1) is 14.0. The summed E-state index contributed by atoms with van der Waals surface area (Å²) in [6, 6.07) is 0.383. The maximum absolute atomic E-state index is 12.3. The van der Waals surface area contributed by atoms with E-state index in [9.17, 15) is 8.42 Å². The van der Waals surface area contributed by atoms with Gasteiger partial charge >= 0.3 is 0 Å². The lowest BCUT2D eigenvalue weighted by Gasteiger charge is -2.23. The summed E-state index contributed by atoms with van der Waals surface area (Å²) in [5.74, 6) is 0.249. The molecule has 0 saturated heterocycles. The van der Waals surface area contributed by atoms with E-state index in [4.69, 9.17) is 0 Å². The van der Waals surface area contributed by atoms with Gasteiger partial charge < -0.3 is 5.32 Å². The van der Waals surface area contributed by atoms with E-state index in [1.807, 2.05) is 13.8 Å². The van der Waals surface area contributed by atoms with Crippen LogP contribution in [0, 0.1) is 5.92 Å². The van der Waals surface area contributed by atoms with E-state index < -0.39 is 9.84 Å². The fraction of sp³-hybridized carbons (Fsp3) is 1.00. The molecule has 0 bridgehead atoms. The number of rotatable bonds is 5. The first-order valence-electron chi connectivity index (χ1n) is 6.41. The largest absolute Gasteiger partial charge is 0.314 e. The second kappa shape index (κ2) is 5.50. The van der Waals surface area contributed by atoms with Crippen molar-refractivity contribution in [2.45, 2.75) is 63.5 Å². The molecule has 0 aromatic carbocycles. The highest BCUT2D eigenvalue weighted by Crippen LogP contribution is 2.33. The average molecular weight is 247 g/mol. The zero-order chi connectivity index (χ0) is 12.3. The molecule has 4 atom stereocenters. The molecule has 1 rings (SSSR count). The van der Waals surface area contributed by atoms with Crippen LogP contribution in [0.1, 0.15) is 47.0 Å². The third kappa shape index (κ3) is 2.59. The standard InChI is InChI=1S/C12H25NO2S/c1-5-9(3)16(14,15)12-8-7-11(10(12)4)13-6-2/h9-13H,5-8H2,1-4H3. The van der Waals surface area contributed by atoms with E-state index in [1.54, 1.807) is 0 Å². The van der Waals surface area contributed by atoms with Crippen LogP contribution in [0.15, 0.2) is 0 Å². The summed E-state index contributed by atoms with van der Waals surface area (Å²) in [6.45, 7) is 8.85. The van der Waals surface area contributed by atoms with Gasteiger partial charge in [-0.3, -0.25) is 0 Å². The first-order chi connectivity index (χ1) is 7.45. The lowest BCUT2D eigenvalue weighted by molar-refractivity contribution is 0.432. The molecule has 0 amide bonds. The number of hydrogen-bond acceptors (Lipinski definition) is 3. The van der Waals surface area contributed by atoms with Crippen LogP contribution in [0.4, 0.5) is 0 Å². The summed E-state index contributed by atoms with van der Waals surface area (Å²) in [5, 5.41) is 3.06. The Morgan fingerprint density at radius 1 is 1.31 bits per heavy atom. The fourth-order valence-corrected chi connectivity index (χ4v) is 4.99. The second-order valence-corrected chi connectivity index (χ2v) is 7.54. The monoisotopic (exact) mass is 247 g/mol. The van der Waals surface area contributed by atoms with Gasteiger partial charge in [-0.2, -0.15) is 0 Å². The molecule has 1 aliphatic rings. The van der Waals surface area contributed by atoms with Crippen LogP contribution in [0.2, 0.25) is 0 Å². The highest BCUT2D eigenvalue weighted by molar-refractivity contribution is 7.92. The summed E-state index contributed by atoms with van der Waals surface area (Å²) in [4.78, 5) is 0. The molecule has 0 aromatic rings. The van der Waals surface area contributed by atoms with Crippen molar-refractivity contribution in [1.29, 1.82) is 0 Å². The molecule has 4 heteroatoms. The minimum absolute atomic E-state index is 0.133. The number of hydrogen-bond donors (Lipinski definition) is 1. The van der Waals surface area contributed by atoms with Gasteiger partial charge in [0.25, 0.3) is 0 Å². The van der Waals surface area contributed by atoms with E-state index in [1.165, 1.54) is 0 Å². The normalized spacial score (nSPS) is 32.9. The minimum atomic E-state index is -2.93. The van der Waals surface area contributed by atoms with Gasteiger partial charge in [0.2, 0.25) is 0 Å². The molecular formula is C12H25NO2S. The molecule has 1 saturated carbocycles. The quantitative estimate of drug-likeness (QED) is 0.808. The van der Waals surface area contributed by atoms with E-state index in [0.29, 0.717) is 6.04 Å². The van der Waals surface area contributed by atoms with Crippen molar-refractivity contribution in [3.8, 4) is 0 Å². The Balaban J connectivity index is 2.77. The molecule has 0 heterocycles. The zero-order valence-corrected chi connectivity index (χ0v) is 11.7. The van der Waals surface area contributed by atoms with E-state index >= 15 is 0 Å². The Morgan fingerprint density at radius 3 is 2.44 bits per heavy atom. The van der Waals surface area contributed by atoms with Crippen LogP contribution in [0.3, 0.4) is 0 Å². The van der Waals surface area contributed by atoms with Crippen LogP contribution in [0.25, 0.3) is 0 Å². The second-order valence-electron chi connectivity index (χ2n) is 4.95. The summed E-state index contributed by atoms with van der Waals surface area (Å²) in [7, 11) is -2.93. The number of nitrogens with one attached hydrogen (secondary N) is 1. The lowest BCUT2D eigenvalue weighted by Crippen LogP contribution is -2.38. The molecule has 0 spiro atoms. The first-order valence-corrected chi connectivity index (χ1v) is 8.02. The summed E-state index contributed by atoms with van der Waals surface area (Å²) >= 11 is 0. The molecule has 0 radical (unpaired) electrons. The average Bonchev–Trinajstić information content (AvgIpc) is 2.60.